The highest BCUT2D eigenvalue weighted by Crippen LogP contribution is 2.44. The van der Waals surface area contributed by atoms with Crippen LogP contribution >= 0.6 is 0 Å². The zero-order chi connectivity index (χ0) is 17.0. The molecule has 1 saturated carbocycles. The molecule has 23 heavy (non-hydrogen) atoms. The Morgan fingerprint density at radius 1 is 1.26 bits per heavy atom. The second-order valence-corrected chi connectivity index (χ2v) is 6.87. The van der Waals surface area contributed by atoms with Crippen LogP contribution in [0.25, 0.3) is 0 Å². The Kier molecular flexibility index (Phi) is 5.45. The average Bonchev–Trinajstić information content (AvgIpc) is 2.49. The van der Waals surface area contributed by atoms with E-state index in [1.807, 2.05) is 0 Å². The molecule has 0 heterocycles. The third kappa shape index (κ3) is 3.92. The zero-order valence-electron chi connectivity index (χ0n) is 14.3. The summed E-state index contributed by atoms with van der Waals surface area (Å²) in [5.41, 5.74) is 1.62. The summed E-state index contributed by atoms with van der Waals surface area (Å²) in [5, 5.41) is 9.40. The summed E-state index contributed by atoms with van der Waals surface area (Å²) < 4.78 is 0. The van der Waals surface area contributed by atoms with Gasteiger partial charge in [-0.25, -0.2) is 0 Å². The van der Waals surface area contributed by atoms with Gasteiger partial charge in [0.2, 0.25) is 5.91 Å². The molecule has 1 aliphatic carbocycles. The number of aliphatic carboxylic acids is 1. The maximum absolute atomic E-state index is 12.6. The van der Waals surface area contributed by atoms with Crippen molar-refractivity contribution in [2.75, 3.05) is 7.05 Å². The van der Waals surface area contributed by atoms with E-state index in [4.69, 9.17) is 0 Å². The van der Waals surface area contributed by atoms with Gasteiger partial charge in [0.05, 0.1) is 5.41 Å². The number of carbonyl (C=O) groups is 2. The molecule has 4 heteroatoms. The first kappa shape index (κ1) is 17.5. The van der Waals surface area contributed by atoms with Gasteiger partial charge in [-0.3, -0.25) is 9.59 Å². The third-order valence-corrected chi connectivity index (χ3v) is 5.26. The fourth-order valence-corrected chi connectivity index (χ4v) is 3.24. The van der Waals surface area contributed by atoms with Gasteiger partial charge in [0.1, 0.15) is 0 Å². The van der Waals surface area contributed by atoms with E-state index in [0.717, 1.165) is 19.3 Å². The lowest BCUT2D eigenvalue weighted by Gasteiger charge is -2.39. The lowest BCUT2D eigenvalue weighted by molar-refractivity contribution is -0.159. The Hall–Kier alpha value is -1.84. The summed E-state index contributed by atoms with van der Waals surface area (Å²) in [6, 6.07) is 8.47. The molecule has 1 aliphatic rings. The second kappa shape index (κ2) is 7.16. The van der Waals surface area contributed by atoms with Crippen LogP contribution in [0.5, 0.6) is 0 Å². The highest BCUT2D eigenvalue weighted by Gasteiger charge is 2.46. The number of likely N-dealkylation sites (N-methyl/N-ethyl adjacent to an activating group) is 1. The van der Waals surface area contributed by atoms with Gasteiger partial charge in [0.25, 0.3) is 0 Å². The van der Waals surface area contributed by atoms with Crippen LogP contribution in [0.4, 0.5) is 0 Å². The molecule has 1 fully saturated rings. The van der Waals surface area contributed by atoms with Gasteiger partial charge < -0.3 is 10.0 Å². The fraction of sp³-hybridized carbons (Fsp3) is 0.579. The molecule has 0 radical (unpaired) electrons. The molecule has 1 aromatic carbocycles. The number of hydrogen-bond acceptors (Lipinski definition) is 2. The van der Waals surface area contributed by atoms with Crippen LogP contribution < -0.4 is 0 Å². The Morgan fingerprint density at radius 3 is 2.30 bits per heavy atom. The van der Waals surface area contributed by atoms with Gasteiger partial charge in [0.15, 0.2) is 0 Å². The Morgan fingerprint density at radius 2 is 1.87 bits per heavy atom. The van der Waals surface area contributed by atoms with E-state index in [9.17, 15) is 14.7 Å². The summed E-state index contributed by atoms with van der Waals surface area (Å²) in [6.07, 6.45) is 3.94. The zero-order valence-corrected chi connectivity index (χ0v) is 14.3. The molecule has 0 spiro atoms. The quantitative estimate of drug-likeness (QED) is 0.838. The van der Waals surface area contributed by atoms with Gasteiger partial charge in [-0.2, -0.15) is 0 Å². The molecule has 0 saturated heterocycles. The first-order valence-corrected chi connectivity index (χ1v) is 8.42. The normalized spacial score (nSPS) is 17.2. The molecule has 1 N–H and O–H groups in total. The fourth-order valence-electron chi connectivity index (χ4n) is 3.24. The summed E-state index contributed by atoms with van der Waals surface area (Å²) in [5.74, 6) is -0.872. The van der Waals surface area contributed by atoms with E-state index in [1.165, 1.54) is 11.1 Å². The van der Waals surface area contributed by atoms with E-state index >= 15 is 0 Å². The van der Waals surface area contributed by atoms with Crippen molar-refractivity contribution in [3.8, 4) is 0 Å². The van der Waals surface area contributed by atoms with E-state index in [2.05, 4.69) is 38.1 Å². The van der Waals surface area contributed by atoms with Crippen molar-refractivity contribution in [1.29, 1.82) is 0 Å². The molecule has 4 nitrogen and oxygen atoms in total. The molecular weight excluding hydrogens is 290 g/mol. The number of nitrogens with zero attached hydrogens (tertiary/aromatic N) is 1. The monoisotopic (exact) mass is 317 g/mol. The molecule has 1 unspecified atom stereocenters. The van der Waals surface area contributed by atoms with Crippen molar-refractivity contribution >= 4 is 11.9 Å². The third-order valence-electron chi connectivity index (χ3n) is 5.26. The van der Waals surface area contributed by atoms with Crippen molar-refractivity contribution in [3.63, 3.8) is 0 Å². The first-order chi connectivity index (χ1) is 10.9. The van der Waals surface area contributed by atoms with E-state index in [0.29, 0.717) is 12.8 Å². The van der Waals surface area contributed by atoms with Gasteiger partial charge in [-0.15, -0.1) is 0 Å². The van der Waals surface area contributed by atoms with Crippen LogP contribution in [0.2, 0.25) is 0 Å². The second-order valence-electron chi connectivity index (χ2n) is 6.87. The van der Waals surface area contributed by atoms with Crippen molar-refractivity contribution in [1.82, 2.24) is 4.90 Å². The molecule has 0 aromatic heterocycles. The molecule has 1 amide bonds. The highest BCUT2D eigenvalue weighted by atomic mass is 16.4. The van der Waals surface area contributed by atoms with Crippen LogP contribution in [0.1, 0.15) is 50.2 Å². The van der Waals surface area contributed by atoms with Crippen LogP contribution in [0.15, 0.2) is 24.3 Å². The van der Waals surface area contributed by atoms with Crippen molar-refractivity contribution < 1.29 is 14.7 Å². The first-order valence-electron chi connectivity index (χ1n) is 8.42. The summed E-state index contributed by atoms with van der Waals surface area (Å²) in [4.78, 5) is 25.8. The number of rotatable bonds is 7. The van der Waals surface area contributed by atoms with Crippen LogP contribution in [0, 0.1) is 12.3 Å². The summed E-state index contributed by atoms with van der Waals surface area (Å²) in [7, 11) is 1.80. The Bertz CT molecular complexity index is 560. The van der Waals surface area contributed by atoms with Gasteiger partial charge >= 0.3 is 5.97 Å². The van der Waals surface area contributed by atoms with Gasteiger partial charge in [0, 0.05) is 19.5 Å². The lowest BCUT2D eigenvalue weighted by atomic mass is 9.66. The predicted molar refractivity (Wildman–Crippen MR) is 90.3 cm³/mol. The minimum Gasteiger partial charge on any atom is -0.481 e. The average molecular weight is 317 g/mol. The molecule has 1 aromatic rings. The van der Waals surface area contributed by atoms with Crippen LogP contribution in [-0.4, -0.2) is 35.0 Å². The number of carboxylic acids is 1. The number of amides is 1. The SMILES string of the molecule is CCC(Cc1ccc(C)cc1)N(C)C(=O)CC1(C(=O)O)CCC1. The molecule has 0 aliphatic heterocycles. The number of hydrogen-bond donors (Lipinski definition) is 1. The Labute approximate surface area is 138 Å². The molecular formula is C19H27NO3. The summed E-state index contributed by atoms with van der Waals surface area (Å²) >= 11 is 0. The maximum Gasteiger partial charge on any atom is 0.310 e. The molecule has 0 bridgehead atoms. The Balaban J connectivity index is 2.01. The number of carboxylic acid groups (broad SMARTS) is 1. The smallest absolute Gasteiger partial charge is 0.310 e. The largest absolute Gasteiger partial charge is 0.481 e. The number of benzene rings is 1. The molecule has 2 rings (SSSR count). The predicted octanol–water partition coefficient (Wildman–Crippen LogP) is 3.42. The topological polar surface area (TPSA) is 57.6 Å². The molecule has 126 valence electrons. The van der Waals surface area contributed by atoms with Crippen molar-refractivity contribution in [2.45, 2.75) is 58.4 Å². The minimum absolute atomic E-state index is 0.0499. The van der Waals surface area contributed by atoms with E-state index < -0.39 is 11.4 Å². The number of aryl methyl sites for hydroxylation is 1. The maximum atomic E-state index is 12.6. The van der Waals surface area contributed by atoms with E-state index in [-0.39, 0.29) is 18.4 Å². The van der Waals surface area contributed by atoms with Gasteiger partial charge in [-0.05, 0) is 38.2 Å². The van der Waals surface area contributed by atoms with Crippen molar-refractivity contribution in [2.24, 2.45) is 5.41 Å². The lowest BCUT2D eigenvalue weighted by Crippen LogP contribution is -2.45. The number of carbonyl (C=O) groups excluding carboxylic acids is 1. The van der Waals surface area contributed by atoms with Crippen LogP contribution in [-0.2, 0) is 16.0 Å². The molecule has 1 atom stereocenters. The summed E-state index contributed by atoms with van der Waals surface area (Å²) in [6.45, 7) is 4.12. The highest BCUT2D eigenvalue weighted by molar-refractivity contribution is 5.85. The standard InChI is InChI=1S/C19H27NO3/c1-4-16(12-15-8-6-14(2)7-9-15)20(3)17(21)13-19(18(22)23)10-5-11-19/h6-9,16H,4-5,10-13H2,1-3H3,(H,22,23). The minimum atomic E-state index is -0.822. The van der Waals surface area contributed by atoms with Gasteiger partial charge in [-0.1, -0.05) is 43.2 Å². The van der Waals surface area contributed by atoms with Crippen LogP contribution in [0.3, 0.4) is 0 Å². The van der Waals surface area contributed by atoms with Crippen molar-refractivity contribution in [3.05, 3.63) is 35.4 Å². The van der Waals surface area contributed by atoms with E-state index in [1.54, 1.807) is 11.9 Å².